The van der Waals surface area contributed by atoms with Crippen LogP contribution in [-0.2, 0) is 17.1 Å². The zero-order valence-corrected chi connectivity index (χ0v) is 18.6. The molecule has 0 aliphatic heterocycles. The van der Waals surface area contributed by atoms with Crippen molar-refractivity contribution >= 4 is 37.5 Å². The fourth-order valence-corrected chi connectivity index (χ4v) is 6.39. The van der Waals surface area contributed by atoms with E-state index in [2.05, 4.69) is 20.0 Å². The summed E-state index contributed by atoms with van der Waals surface area (Å²) in [6.07, 6.45) is 8.36. The fraction of sp³-hybridized carbons (Fsp3) is 0.450. The molecule has 0 saturated heterocycles. The normalized spacial score (nSPS) is 19.8. The number of thiophene rings is 1. The Labute approximate surface area is 179 Å². The number of carbonyl (C=O) groups is 1. The van der Waals surface area contributed by atoms with Crippen LogP contribution in [0.5, 0.6) is 0 Å². The van der Waals surface area contributed by atoms with E-state index in [4.69, 9.17) is 0 Å². The van der Waals surface area contributed by atoms with Crippen molar-refractivity contribution in [1.82, 2.24) is 24.6 Å². The third-order valence-corrected chi connectivity index (χ3v) is 8.15. The van der Waals surface area contributed by atoms with E-state index in [1.165, 1.54) is 23.9 Å². The van der Waals surface area contributed by atoms with Crippen molar-refractivity contribution in [1.29, 1.82) is 0 Å². The number of nitrogens with zero attached hydrogens (tertiary/aromatic N) is 3. The smallest absolute Gasteiger partial charge is 0.261 e. The highest BCUT2D eigenvalue weighted by atomic mass is 32.2. The second-order valence-electron chi connectivity index (χ2n) is 7.73. The zero-order valence-electron chi connectivity index (χ0n) is 17.0. The van der Waals surface area contributed by atoms with Gasteiger partial charge in [-0.15, -0.1) is 11.3 Å². The van der Waals surface area contributed by atoms with E-state index in [-0.39, 0.29) is 22.8 Å². The highest BCUT2D eigenvalue weighted by Crippen LogP contribution is 2.43. The highest BCUT2D eigenvalue weighted by Gasteiger charge is 2.30. The molecule has 0 radical (unpaired) electrons. The van der Waals surface area contributed by atoms with Crippen LogP contribution in [0.3, 0.4) is 0 Å². The number of sulfonamides is 1. The first-order chi connectivity index (χ1) is 14.4. The maximum Gasteiger partial charge on any atom is 0.261 e. The Morgan fingerprint density at radius 3 is 2.70 bits per heavy atom. The summed E-state index contributed by atoms with van der Waals surface area (Å²) in [5, 5.41) is 3.85. The average molecular weight is 448 g/mol. The number of imidazole rings is 1. The molecule has 2 N–H and O–H groups in total. The standard InChI is InChI=1S/C20H25N5O3S2/c1-21-19(26)18-17(15-4-3-9-22-20(15)29-18)14-7-5-13(6-8-14)10-24-30(27,28)16-11-25(2)12-23-16/h3-4,9,11-14,24H,5-8,10H2,1-2H3,(H,21,26). The summed E-state index contributed by atoms with van der Waals surface area (Å²) in [6, 6.07) is 3.94. The Kier molecular flexibility index (Phi) is 5.90. The lowest BCUT2D eigenvalue weighted by Gasteiger charge is -2.29. The topological polar surface area (TPSA) is 106 Å². The minimum atomic E-state index is -3.59. The van der Waals surface area contributed by atoms with Crippen molar-refractivity contribution in [3.63, 3.8) is 0 Å². The summed E-state index contributed by atoms with van der Waals surface area (Å²) in [4.78, 5) is 22.4. The third-order valence-electron chi connectivity index (χ3n) is 5.71. The molecule has 3 aromatic rings. The zero-order chi connectivity index (χ0) is 21.3. The Balaban J connectivity index is 1.44. The monoisotopic (exact) mass is 447 g/mol. The Morgan fingerprint density at radius 2 is 2.03 bits per heavy atom. The van der Waals surface area contributed by atoms with Crippen molar-refractivity contribution in [2.24, 2.45) is 13.0 Å². The van der Waals surface area contributed by atoms with Crippen LogP contribution < -0.4 is 10.0 Å². The first kappa shape index (κ1) is 21.0. The van der Waals surface area contributed by atoms with Crippen LogP contribution >= 0.6 is 11.3 Å². The summed E-state index contributed by atoms with van der Waals surface area (Å²) in [5.74, 6) is 0.475. The first-order valence-electron chi connectivity index (χ1n) is 9.96. The van der Waals surface area contributed by atoms with E-state index < -0.39 is 10.0 Å². The van der Waals surface area contributed by atoms with Gasteiger partial charge in [0.2, 0.25) is 0 Å². The van der Waals surface area contributed by atoms with Crippen LogP contribution in [-0.4, -0.2) is 42.5 Å². The van der Waals surface area contributed by atoms with Gasteiger partial charge in [-0.25, -0.2) is 23.1 Å². The molecule has 3 heterocycles. The van der Waals surface area contributed by atoms with Crippen LogP contribution in [0.4, 0.5) is 0 Å². The van der Waals surface area contributed by atoms with Crippen LogP contribution in [0.2, 0.25) is 0 Å². The molecule has 0 bridgehead atoms. The van der Waals surface area contributed by atoms with Gasteiger partial charge in [-0.2, -0.15) is 0 Å². The number of hydrogen-bond acceptors (Lipinski definition) is 6. The second-order valence-corrected chi connectivity index (χ2v) is 10.4. The molecule has 8 nitrogen and oxygen atoms in total. The minimum absolute atomic E-state index is 0.0474. The molecule has 3 aromatic heterocycles. The van der Waals surface area contributed by atoms with Crippen LogP contribution in [0.1, 0.15) is 46.8 Å². The lowest BCUT2D eigenvalue weighted by atomic mass is 9.78. The van der Waals surface area contributed by atoms with Gasteiger partial charge < -0.3 is 9.88 Å². The molecule has 4 rings (SSSR count). The number of fused-ring (bicyclic) bond motifs is 1. The lowest BCUT2D eigenvalue weighted by Crippen LogP contribution is -2.31. The summed E-state index contributed by atoms with van der Waals surface area (Å²) >= 11 is 1.44. The van der Waals surface area contributed by atoms with Crippen molar-refractivity contribution in [2.75, 3.05) is 13.6 Å². The number of rotatable bonds is 6. The van der Waals surface area contributed by atoms with Crippen LogP contribution in [0.25, 0.3) is 10.2 Å². The number of aromatic nitrogens is 3. The second kappa shape index (κ2) is 8.44. The van der Waals surface area contributed by atoms with Gasteiger partial charge in [0.15, 0.2) is 5.03 Å². The fourth-order valence-electron chi connectivity index (χ4n) is 4.12. The number of pyridine rings is 1. The number of carbonyl (C=O) groups excluding carboxylic acids is 1. The van der Waals surface area contributed by atoms with E-state index in [1.807, 2.05) is 12.1 Å². The Hall–Kier alpha value is -2.30. The van der Waals surface area contributed by atoms with Crippen molar-refractivity contribution in [3.05, 3.63) is 41.3 Å². The molecule has 1 amide bonds. The largest absolute Gasteiger partial charge is 0.354 e. The molecule has 10 heteroatoms. The van der Waals surface area contributed by atoms with Gasteiger partial charge in [0.05, 0.1) is 11.2 Å². The summed E-state index contributed by atoms with van der Waals surface area (Å²) < 4.78 is 29.1. The van der Waals surface area contributed by atoms with Crippen LogP contribution in [0.15, 0.2) is 35.9 Å². The molecule has 30 heavy (non-hydrogen) atoms. The molecule has 160 valence electrons. The minimum Gasteiger partial charge on any atom is -0.354 e. The molecule has 1 fully saturated rings. The SMILES string of the molecule is CNC(=O)c1sc2ncccc2c1C1CCC(CNS(=O)(=O)c2cn(C)cn2)CC1. The molecule has 1 saturated carbocycles. The number of aryl methyl sites for hydroxylation is 1. The van der Waals surface area contributed by atoms with E-state index in [0.717, 1.165) is 46.3 Å². The van der Waals surface area contributed by atoms with E-state index in [1.54, 1.807) is 24.9 Å². The van der Waals surface area contributed by atoms with Gasteiger partial charge in [-0.3, -0.25) is 4.79 Å². The van der Waals surface area contributed by atoms with Gasteiger partial charge in [0.25, 0.3) is 15.9 Å². The van der Waals surface area contributed by atoms with Gasteiger partial charge in [0.1, 0.15) is 4.83 Å². The molecule has 0 aromatic carbocycles. The Morgan fingerprint density at radius 1 is 1.27 bits per heavy atom. The first-order valence-corrected chi connectivity index (χ1v) is 12.3. The molecule has 1 aliphatic rings. The van der Waals surface area contributed by atoms with Gasteiger partial charge in [0, 0.05) is 38.4 Å². The number of hydrogen-bond donors (Lipinski definition) is 2. The molecule has 0 spiro atoms. The average Bonchev–Trinajstić information content (AvgIpc) is 3.36. The quantitative estimate of drug-likeness (QED) is 0.604. The van der Waals surface area contributed by atoms with Gasteiger partial charge in [-0.05, 0) is 49.1 Å². The summed E-state index contributed by atoms with van der Waals surface area (Å²) in [6.45, 7) is 0.403. The summed E-state index contributed by atoms with van der Waals surface area (Å²) in [5.41, 5.74) is 1.09. The predicted molar refractivity (Wildman–Crippen MR) is 116 cm³/mol. The number of amides is 1. The van der Waals surface area contributed by atoms with Gasteiger partial charge in [-0.1, -0.05) is 6.07 Å². The molecule has 0 unspecified atom stereocenters. The maximum atomic E-state index is 12.4. The molecule has 0 atom stereocenters. The van der Waals surface area contributed by atoms with Crippen molar-refractivity contribution in [3.8, 4) is 0 Å². The van der Waals surface area contributed by atoms with Crippen LogP contribution in [0, 0.1) is 5.92 Å². The van der Waals surface area contributed by atoms with Crippen molar-refractivity contribution < 1.29 is 13.2 Å². The third kappa shape index (κ3) is 4.12. The van der Waals surface area contributed by atoms with Crippen molar-refractivity contribution in [2.45, 2.75) is 36.6 Å². The lowest BCUT2D eigenvalue weighted by molar-refractivity contribution is 0.0965. The molecular weight excluding hydrogens is 422 g/mol. The maximum absolute atomic E-state index is 12.4. The van der Waals surface area contributed by atoms with E-state index in [0.29, 0.717) is 6.54 Å². The summed E-state index contributed by atoms with van der Waals surface area (Å²) in [7, 11) is -0.200. The number of nitrogens with one attached hydrogen (secondary N) is 2. The predicted octanol–water partition coefficient (Wildman–Crippen LogP) is 2.64. The molecule has 1 aliphatic carbocycles. The molecular formula is C20H25N5O3S2. The Bertz CT molecular complexity index is 1160. The van der Waals surface area contributed by atoms with E-state index in [9.17, 15) is 13.2 Å². The van der Waals surface area contributed by atoms with E-state index >= 15 is 0 Å². The van der Waals surface area contributed by atoms with Gasteiger partial charge >= 0.3 is 0 Å². The highest BCUT2D eigenvalue weighted by molar-refractivity contribution is 7.89.